The Balaban J connectivity index is 1.41. The van der Waals surface area contributed by atoms with Crippen molar-refractivity contribution in [1.29, 1.82) is 0 Å². The van der Waals surface area contributed by atoms with Gasteiger partial charge in [-0.25, -0.2) is 9.18 Å². The van der Waals surface area contributed by atoms with E-state index in [0.29, 0.717) is 37.4 Å². The topological polar surface area (TPSA) is 78.9 Å². The van der Waals surface area contributed by atoms with Crippen LogP contribution in [0.2, 0.25) is 0 Å². The maximum absolute atomic E-state index is 13.2. The minimum atomic E-state index is -0.945. The van der Waals surface area contributed by atoms with Crippen molar-refractivity contribution in [3.63, 3.8) is 0 Å². The molecule has 2 bridgehead atoms. The minimum absolute atomic E-state index is 0.0274. The second-order valence-corrected chi connectivity index (χ2v) is 8.35. The van der Waals surface area contributed by atoms with Gasteiger partial charge in [0.05, 0.1) is 18.2 Å². The average Bonchev–Trinajstić information content (AvgIpc) is 2.76. The summed E-state index contributed by atoms with van der Waals surface area (Å²) in [4.78, 5) is 25.6. The fourth-order valence-corrected chi connectivity index (χ4v) is 4.52. The number of carbonyl (C=O) groups excluding carboxylic acids is 1. The van der Waals surface area contributed by atoms with Gasteiger partial charge in [0.2, 0.25) is 5.91 Å². The van der Waals surface area contributed by atoms with Crippen LogP contribution in [0.3, 0.4) is 0 Å². The van der Waals surface area contributed by atoms with Gasteiger partial charge < -0.3 is 20.1 Å². The third-order valence-corrected chi connectivity index (χ3v) is 6.06. The first kappa shape index (κ1) is 22.0. The Hall–Kier alpha value is -3.19. The molecule has 0 aromatic heterocycles. The SMILES string of the molecule is CC(=O)N1CC2CC(c3ccc(CCCOc4cccc(F)c4)cc3)=C(C(=O)O)[C@@H](C1)N2. The Labute approximate surface area is 186 Å². The number of piperazine rings is 1. The molecule has 168 valence electrons. The number of halogens is 1. The van der Waals surface area contributed by atoms with Crippen LogP contribution in [0.15, 0.2) is 54.1 Å². The van der Waals surface area contributed by atoms with Crippen molar-refractivity contribution >= 4 is 17.4 Å². The van der Waals surface area contributed by atoms with E-state index in [0.717, 1.165) is 29.5 Å². The summed E-state index contributed by atoms with van der Waals surface area (Å²) >= 11 is 0. The Morgan fingerprint density at radius 3 is 2.66 bits per heavy atom. The quantitative estimate of drug-likeness (QED) is 0.649. The lowest BCUT2D eigenvalue weighted by molar-refractivity contribution is -0.135. The van der Waals surface area contributed by atoms with Gasteiger partial charge in [0.1, 0.15) is 11.6 Å². The monoisotopic (exact) mass is 438 g/mol. The largest absolute Gasteiger partial charge is 0.493 e. The van der Waals surface area contributed by atoms with Crippen molar-refractivity contribution < 1.29 is 23.8 Å². The summed E-state index contributed by atoms with van der Waals surface area (Å²) in [5, 5.41) is 13.2. The zero-order valence-corrected chi connectivity index (χ0v) is 18.0. The highest BCUT2D eigenvalue weighted by molar-refractivity contribution is 5.98. The summed E-state index contributed by atoms with van der Waals surface area (Å²) < 4.78 is 18.8. The predicted octanol–water partition coefficient (Wildman–Crippen LogP) is 3.27. The third-order valence-electron chi connectivity index (χ3n) is 6.06. The van der Waals surface area contributed by atoms with Crippen LogP contribution in [-0.4, -0.2) is 53.7 Å². The van der Waals surface area contributed by atoms with E-state index in [-0.39, 0.29) is 23.8 Å². The lowest BCUT2D eigenvalue weighted by Crippen LogP contribution is -2.61. The second kappa shape index (κ2) is 9.53. The van der Waals surface area contributed by atoms with Crippen LogP contribution in [0.5, 0.6) is 5.75 Å². The smallest absolute Gasteiger partial charge is 0.333 e. The van der Waals surface area contributed by atoms with Crippen LogP contribution in [0.4, 0.5) is 4.39 Å². The van der Waals surface area contributed by atoms with Gasteiger partial charge in [-0.05, 0) is 48.1 Å². The van der Waals surface area contributed by atoms with E-state index in [2.05, 4.69) is 5.32 Å². The molecule has 2 aromatic carbocycles. The molecule has 4 rings (SSSR count). The van der Waals surface area contributed by atoms with Crippen molar-refractivity contribution in [3.05, 3.63) is 71.0 Å². The molecule has 2 aromatic rings. The minimum Gasteiger partial charge on any atom is -0.493 e. The summed E-state index contributed by atoms with van der Waals surface area (Å²) in [5.41, 5.74) is 3.24. The highest BCUT2D eigenvalue weighted by Gasteiger charge is 2.38. The molecule has 2 aliphatic rings. The molecule has 2 N–H and O–H groups in total. The number of carbonyl (C=O) groups is 2. The summed E-state index contributed by atoms with van der Waals surface area (Å²) in [5.74, 6) is -0.766. The molecule has 0 saturated carbocycles. The Morgan fingerprint density at radius 2 is 1.97 bits per heavy atom. The molecule has 7 heteroatoms. The first-order chi connectivity index (χ1) is 15.4. The standard InChI is InChI=1S/C25H27FN2O4/c1-16(29)28-14-20-13-22(24(25(30)31)23(15-28)27-20)18-9-7-17(8-10-18)4-3-11-32-21-6-2-5-19(26)12-21/h2,5-10,12,20,23,27H,3-4,11,13-15H2,1H3,(H,30,31)/t20?,23-/m1/s1. The van der Waals surface area contributed by atoms with Crippen LogP contribution in [0.1, 0.15) is 30.9 Å². The van der Waals surface area contributed by atoms with Crippen molar-refractivity contribution in [2.24, 2.45) is 0 Å². The first-order valence-electron chi connectivity index (χ1n) is 10.9. The van der Waals surface area contributed by atoms with Crippen LogP contribution in [0, 0.1) is 5.82 Å². The Kier molecular flexibility index (Phi) is 6.55. The molecule has 0 radical (unpaired) electrons. The predicted molar refractivity (Wildman–Crippen MR) is 119 cm³/mol. The van der Waals surface area contributed by atoms with E-state index in [9.17, 15) is 19.1 Å². The first-order valence-corrected chi connectivity index (χ1v) is 10.9. The molecule has 1 saturated heterocycles. The average molecular weight is 438 g/mol. The lowest BCUT2D eigenvalue weighted by atomic mass is 9.83. The van der Waals surface area contributed by atoms with Gasteiger partial charge in [0, 0.05) is 32.1 Å². The number of carboxylic acid groups (broad SMARTS) is 1. The fourth-order valence-electron chi connectivity index (χ4n) is 4.52. The number of fused-ring (bicyclic) bond motifs is 2. The van der Waals surface area contributed by atoms with Gasteiger partial charge in [-0.3, -0.25) is 4.79 Å². The van der Waals surface area contributed by atoms with E-state index in [1.54, 1.807) is 17.0 Å². The molecule has 2 atom stereocenters. The number of ether oxygens (including phenoxy) is 1. The number of aryl methyl sites for hydroxylation is 1. The molecular formula is C25H27FN2O4. The molecule has 0 spiro atoms. The molecule has 1 fully saturated rings. The fraction of sp³-hybridized carbons (Fsp3) is 0.360. The number of carboxylic acids is 1. The Bertz CT molecular complexity index is 1030. The van der Waals surface area contributed by atoms with Gasteiger partial charge in [-0.2, -0.15) is 0 Å². The van der Waals surface area contributed by atoms with Crippen molar-refractivity contribution in [2.75, 3.05) is 19.7 Å². The summed E-state index contributed by atoms with van der Waals surface area (Å²) in [6.07, 6.45) is 2.16. The number of hydrogen-bond donors (Lipinski definition) is 2. The molecule has 1 amide bonds. The van der Waals surface area contributed by atoms with Crippen LogP contribution in [-0.2, 0) is 16.0 Å². The molecule has 6 nitrogen and oxygen atoms in total. The molecule has 1 unspecified atom stereocenters. The summed E-state index contributed by atoms with van der Waals surface area (Å²) in [7, 11) is 0. The van der Waals surface area contributed by atoms with Crippen molar-refractivity contribution in [3.8, 4) is 5.75 Å². The lowest BCUT2D eigenvalue weighted by Gasteiger charge is -2.43. The molecular weight excluding hydrogens is 411 g/mol. The molecule has 2 heterocycles. The molecule has 32 heavy (non-hydrogen) atoms. The number of aliphatic carboxylic acids is 1. The molecule has 0 aliphatic carbocycles. The van der Waals surface area contributed by atoms with E-state index in [1.165, 1.54) is 19.1 Å². The normalized spacial score (nSPS) is 20.2. The van der Waals surface area contributed by atoms with E-state index >= 15 is 0 Å². The summed E-state index contributed by atoms with van der Waals surface area (Å²) in [6, 6.07) is 13.8. The second-order valence-electron chi connectivity index (χ2n) is 8.35. The van der Waals surface area contributed by atoms with Gasteiger partial charge >= 0.3 is 5.97 Å². The number of nitrogens with zero attached hydrogens (tertiary/aromatic N) is 1. The van der Waals surface area contributed by atoms with Crippen LogP contribution < -0.4 is 10.1 Å². The zero-order valence-electron chi connectivity index (χ0n) is 18.0. The third kappa shape index (κ3) is 4.99. The number of amides is 1. The van der Waals surface area contributed by atoms with Crippen molar-refractivity contribution in [2.45, 2.75) is 38.3 Å². The highest BCUT2D eigenvalue weighted by Crippen LogP contribution is 2.33. The van der Waals surface area contributed by atoms with E-state index in [1.807, 2.05) is 24.3 Å². The van der Waals surface area contributed by atoms with Gasteiger partial charge in [0.15, 0.2) is 0 Å². The number of hydrogen-bond acceptors (Lipinski definition) is 4. The van der Waals surface area contributed by atoms with Crippen LogP contribution in [0.25, 0.3) is 5.57 Å². The molecule has 2 aliphatic heterocycles. The van der Waals surface area contributed by atoms with Gasteiger partial charge in [-0.15, -0.1) is 0 Å². The summed E-state index contributed by atoms with van der Waals surface area (Å²) in [6.45, 7) is 2.97. The maximum Gasteiger partial charge on any atom is 0.333 e. The number of rotatable bonds is 7. The number of nitrogens with one attached hydrogen (secondary N) is 1. The van der Waals surface area contributed by atoms with Gasteiger partial charge in [0.25, 0.3) is 0 Å². The van der Waals surface area contributed by atoms with E-state index < -0.39 is 5.97 Å². The van der Waals surface area contributed by atoms with E-state index in [4.69, 9.17) is 4.74 Å². The van der Waals surface area contributed by atoms with Crippen molar-refractivity contribution in [1.82, 2.24) is 10.2 Å². The van der Waals surface area contributed by atoms with Gasteiger partial charge in [-0.1, -0.05) is 30.3 Å². The highest BCUT2D eigenvalue weighted by atomic mass is 19.1. The number of benzene rings is 2. The zero-order chi connectivity index (χ0) is 22.7. The Morgan fingerprint density at radius 1 is 1.19 bits per heavy atom. The maximum atomic E-state index is 13.2. The van der Waals surface area contributed by atoms with Crippen LogP contribution >= 0.6 is 0 Å².